The molecule has 0 aromatic heterocycles. The van der Waals surface area contributed by atoms with E-state index in [-0.39, 0.29) is 6.42 Å². The molecule has 0 saturated heterocycles. The van der Waals surface area contributed by atoms with Gasteiger partial charge in [0.05, 0.1) is 5.92 Å². The lowest BCUT2D eigenvalue weighted by atomic mass is 9.78. The molecule has 2 aliphatic carbocycles. The maximum atomic E-state index is 12.9. The van der Waals surface area contributed by atoms with Gasteiger partial charge in [-0.1, -0.05) is 12.8 Å². The highest BCUT2D eigenvalue weighted by Crippen LogP contribution is 2.41. The summed E-state index contributed by atoms with van der Waals surface area (Å²) in [6.07, 6.45) is -0.218. The third-order valence-corrected chi connectivity index (χ3v) is 3.96. The van der Waals surface area contributed by atoms with Gasteiger partial charge >= 0.3 is 6.18 Å². The summed E-state index contributed by atoms with van der Waals surface area (Å²) >= 11 is 0. The van der Waals surface area contributed by atoms with Crippen LogP contribution in [-0.4, -0.2) is 31.2 Å². The molecule has 110 valence electrons. The predicted octanol–water partition coefficient (Wildman–Crippen LogP) is 2.22. The first kappa shape index (κ1) is 14.6. The van der Waals surface area contributed by atoms with Crippen LogP contribution in [0.2, 0.25) is 0 Å². The van der Waals surface area contributed by atoms with Crippen LogP contribution < -0.4 is 10.6 Å². The first-order valence-electron chi connectivity index (χ1n) is 7.06. The number of alkyl halides is 3. The number of amides is 1. The SMILES string of the molecule is O=C(NCCNC1CC1)C1CCCCC1C(F)(F)F. The van der Waals surface area contributed by atoms with Gasteiger partial charge in [0, 0.05) is 25.0 Å². The lowest BCUT2D eigenvalue weighted by Crippen LogP contribution is -2.44. The van der Waals surface area contributed by atoms with E-state index < -0.39 is 23.9 Å². The number of carbonyl (C=O) groups excluding carboxylic acids is 1. The number of nitrogens with one attached hydrogen (secondary N) is 2. The van der Waals surface area contributed by atoms with Crippen molar-refractivity contribution in [3.63, 3.8) is 0 Å². The molecule has 2 saturated carbocycles. The van der Waals surface area contributed by atoms with Crippen molar-refractivity contribution in [1.82, 2.24) is 10.6 Å². The second-order valence-electron chi connectivity index (χ2n) is 5.56. The van der Waals surface area contributed by atoms with Gasteiger partial charge in [-0.3, -0.25) is 4.79 Å². The fourth-order valence-corrected chi connectivity index (χ4v) is 2.72. The Labute approximate surface area is 111 Å². The number of carbonyl (C=O) groups is 1. The molecule has 1 amide bonds. The van der Waals surface area contributed by atoms with Gasteiger partial charge in [-0.15, -0.1) is 0 Å². The topological polar surface area (TPSA) is 41.1 Å². The molecule has 2 fully saturated rings. The molecule has 2 atom stereocenters. The second-order valence-corrected chi connectivity index (χ2v) is 5.56. The highest BCUT2D eigenvalue weighted by molar-refractivity contribution is 5.79. The van der Waals surface area contributed by atoms with Crippen LogP contribution in [0.3, 0.4) is 0 Å². The second kappa shape index (κ2) is 6.11. The minimum Gasteiger partial charge on any atom is -0.355 e. The molecule has 2 unspecified atom stereocenters. The number of halogens is 3. The molecule has 0 heterocycles. The van der Waals surface area contributed by atoms with Crippen molar-refractivity contribution in [2.24, 2.45) is 11.8 Å². The fraction of sp³-hybridized carbons (Fsp3) is 0.923. The summed E-state index contributed by atoms with van der Waals surface area (Å²) in [5.41, 5.74) is 0. The van der Waals surface area contributed by atoms with Crippen LogP contribution in [0.1, 0.15) is 38.5 Å². The average molecular weight is 278 g/mol. The molecule has 0 aliphatic heterocycles. The maximum absolute atomic E-state index is 12.9. The molecule has 0 spiro atoms. The third-order valence-electron chi connectivity index (χ3n) is 3.96. The smallest absolute Gasteiger partial charge is 0.355 e. The predicted molar refractivity (Wildman–Crippen MR) is 65.5 cm³/mol. The summed E-state index contributed by atoms with van der Waals surface area (Å²) in [4.78, 5) is 11.9. The first-order chi connectivity index (χ1) is 8.98. The molecular weight excluding hydrogens is 257 g/mol. The molecule has 0 bridgehead atoms. The lowest BCUT2D eigenvalue weighted by molar-refractivity contribution is -0.198. The first-order valence-corrected chi connectivity index (χ1v) is 7.06. The summed E-state index contributed by atoms with van der Waals surface area (Å²) in [5, 5.41) is 5.86. The van der Waals surface area contributed by atoms with Gasteiger partial charge in [-0.05, 0) is 25.7 Å². The van der Waals surface area contributed by atoms with Crippen LogP contribution in [0.4, 0.5) is 13.2 Å². The Morgan fingerprint density at radius 2 is 1.74 bits per heavy atom. The zero-order chi connectivity index (χ0) is 13.9. The largest absolute Gasteiger partial charge is 0.392 e. The van der Waals surface area contributed by atoms with E-state index in [1.807, 2.05) is 0 Å². The van der Waals surface area contributed by atoms with E-state index in [1.165, 1.54) is 0 Å². The molecular formula is C13H21F3N2O. The Balaban J connectivity index is 1.77. The van der Waals surface area contributed by atoms with Gasteiger partial charge in [-0.25, -0.2) is 0 Å². The van der Waals surface area contributed by atoms with Crippen LogP contribution in [0, 0.1) is 11.8 Å². The fourth-order valence-electron chi connectivity index (χ4n) is 2.72. The molecule has 3 nitrogen and oxygen atoms in total. The molecule has 0 radical (unpaired) electrons. The zero-order valence-electron chi connectivity index (χ0n) is 10.9. The third kappa shape index (κ3) is 4.37. The Kier molecular flexibility index (Phi) is 4.71. The van der Waals surface area contributed by atoms with E-state index in [2.05, 4.69) is 10.6 Å². The van der Waals surface area contributed by atoms with Crippen molar-refractivity contribution in [3.05, 3.63) is 0 Å². The Morgan fingerprint density at radius 1 is 1.05 bits per heavy atom. The van der Waals surface area contributed by atoms with Gasteiger partial charge in [0.1, 0.15) is 0 Å². The average Bonchev–Trinajstić information content (AvgIpc) is 3.17. The highest BCUT2D eigenvalue weighted by atomic mass is 19.4. The van der Waals surface area contributed by atoms with Gasteiger partial charge in [0.2, 0.25) is 5.91 Å². The summed E-state index contributed by atoms with van der Waals surface area (Å²) < 4.78 is 38.6. The molecule has 2 rings (SSSR count). The summed E-state index contributed by atoms with van der Waals surface area (Å²) in [6.45, 7) is 1.05. The van der Waals surface area contributed by atoms with E-state index in [1.54, 1.807) is 0 Å². The maximum Gasteiger partial charge on any atom is 0.392 e. The minimum atomic E-state index is -4.26. The normalized spacial score (nSPS) is 28.2. The van der Waals surface area contributed by atoms with E-state index in [4.69, 9.17) is 0 Å². The number of hydrogen-bond acceptors (Lipinski definition) is 2. The number of rotatable bonds is 5. The van der Waals surface area contributed by atoms with Crippen molar-refractivity contribution in [3.8, 4) is 0 Å². The van der Waals surface area contributed by atoms with Crippen molar-refractivity contribution in [1.29, 1.82) is 0 Å². The van der Waals surface area contributed by atoms with Crippen molar-refractivity contribution >= 4 is 5.91 Å². The minimum absolute atomic E-state index is 0.0852. The summed E-state index contributed by atoms with van der Waals surface area (Å²) in [7, 11) is 0. The summed E-state index contributed by atoms with van der Waals surface area (Å²) in [5.74, 6) is -2.79. The summed E-state index contributed by atoms with van der Waals surface area (Å²) in [6, 6.07) is 0.550. The number of hydrogen-bond donors (Lipinski definition) is 2. The standard InChI is InChI=1S/C13H21F3N2O/c14-13(15,16)11-4-2-1-3-10(11)12(19)18-8-7-17-9-5-6-9/h9-11,17H,1-8H2,(H,18,19). The van der Waals surface area contributed by atoms with Gasteiger partial charge in [0.25, 0.3) is 0 Å². The van der Waals surface area contributed by atoms with Crippen molar-refractivity contribution in [2.45, 2.75) is 50.7 Å². The van der Waals surface area contributed by atoms with Crippen LogP contribution in [0.5, 0.6) is 0 Å². The van der Waals surface area contributed by atoms with Crippen LogP contribution >= 0.6 is 0 Å². The van der Waals surface area contributed by atoms with Gasteiger partial charge in [0.15, 0.2) is 0 Å². The quantitative estimate of drug-likeness (QED) is 0.757. The molecule has 0 aromatic carbocycles. The van der Waals surface area contributed by atoms with Gasteiger partial charge < -0.3 is 10.6 Å². The molecule has 19 heavy (non-hydrogen) atoms. The van der Waals surface area contributed by atoms with Gasteiger partial charge in [-0.2, -0.15) is 13.2 Å². The Bertz CT molecular complexity index is 316. The Morgan fingerprint density at radius 3 is 2.37 bits per heavy atom. The van der Waals surface area contributed by atoms with Crippen LogP contribution in [0.15, 0.2) is 0 Å². The molecule has 0 aromatic rings. The molecule has 2 aliphatic rings. The van der Waals surface area contributed by atoms with Crippen molar-refractivity contribution < 1.29 is 18.0 Å². The molecule has 2 N–H and O–H groups in total. The van der Waals surface area contributed by atoms with E-state index in [0.29, 0.717) is 38.4 Å². The van der Waals surface area contributed by atoms with E-state index in [9.17, 15) is 18.0 Å². The van der Waals surface area contributed by atoms with E-state index in [0.717, 1.165) is 12.8 Å². The lowest BCUT2D eigenvalue weighted by Gasteiger charge is -2.32. The van der Waals surface area contributed by atoms with Crippen LogP contribution in [0.25, 0.3) is 0 Å². The van der Waals surface area contributed by atoms with E-state index >= 15 is 0 Å². The van der Waals surface area contributed by atoms with Crippen LogP contribution in [-0.2, 0) is 4.79 Å². The molecule has 6 heteroatoms. The highest BCUT2D eigenvalue weighted by Gasteiger charge is 2.47. The monoisotopic (exact) mass is 278 g/mol. The van der Waals surface area contributed by atoms with Crippen molar-refractivity contribution in [2.75, 3.05) is 13.1 Å². The Hall–Kier alpha value is -0.780. The zero-order valence-corrected chi connectivity index (χ0v) is 10.9.